The van der Waals surface area contributed by atoms with Crippen LogP contribution in [0.1, 0.15) is 26.7 Å². The zero-order valence-corrected chi connectivity index (χ0v) is 6.76. The first-order chi connectivity index (χ1) is 4.74. The van der Waals surface area contributed by atoms with Gasteiger partial charge in [-0.1, -0.05) is 13.3 Å². The number of nitrogens with zero attached hydrogens (tertiary/aromatic N) is 1. The van der Waals surface area contributed by atoms with Crippen molar-refractivity contribution in [1.82, 2.24) is 4.90 Å². The quantitative estimate of drug-likeness (QED) is 0.567. The maximum atomic E-state index is 10.7. The first kappa shape index (κ1) is 7.58. The molecule has 1 aliphatic rings. The lowest BCUT2D eigenvalue weighted by molar-refractivity contribution is -0.135. The molecule has 58 valence electrons. The van der Waals surface area contributed by atoms with E-state index < -0.39 is 0 Å². The van der Waals surface area contributed by atoms with Crippen molar-refractivity contribution in [3.8, 4) is 0 Å². The smallest absolute Gasteiger partial charge is 0.219 e. The summed E-state index contributed by atoms with van der Waals surface area (Å²) in [5.74, 6) is 1.03. The van der Waals surface area contributed by atoms with Crippen LogP contribution in [0.2, 0.25) is 0 Å². The molecule has 1 amide bonds. The molecule has 0 aromatic carbocycles. The highest BCUT2D eigenvalue weighted by molar-refractivity contribution is 5.74. The number of amides is 1. The van der Waals surface area contributed by atoms with E-state index in [0.717, 1.165) is 19.0 Å². The average molecular weight is 141 g/mol. The van der Waals surface area contributed by atoms with Gasteiger partial charge in [0.15, 0.2) is 0 Å². The molecule has 0 N–H and O–H groups in total. The van der Waals surface area contributed by atoms with Crippen LogP contribution in [-0.2, 0) is 4.79 Å². The van der Waals surface area contributed by atoms with Gasteiger partial charge >= 0.3 is 0 Å². The topological polar surface area (TPSA) is 20.3 Å². The first-order valence-electron chi connectivity index (χ1n) is 3.99. The van der Waals surface area contributed by atoms with Gasteiger partial charge in [0.2, 0.25) is 5.91 Å². The van der Waals surface area contributed by atoms with Gasteiger partial charge in [-0.3, -0.25) is 4.79 Å². The van der Waals surface area contributed by atoms with Crippen molar-refractivity contribution in [1.29, 1.82) is 0 Å². The van der Waals surface area contributed by atoms with Crippen LogP contribution in [0.5, 0.6) is 0 Å². The highest BCUT2D eigenvalue weighted by Gasteiger charge is 2.26. The fourth-order valence-corrected chi connectivity index (χ4v) is 1.42. The molecular weight excluding hydrogens is 126 g/mol. The standard InChI is InChI=1S/C8H15NO/c1-3-4-8-5-9(6-8)7(2)10/h8H,3-6H2,1-2H3. The molecule has 1 heterocycles. The summed E-state index contributed by atoms with van der Waals surface area (Å²) in [6.45, 7) is 5.84. The second-order valence-corrected chi connectivity index (χ2v) is 3.08. The molecule has 0 spiro atoms. The summed E-state index contributed by atoms with van der Waals surface area (Å²) in [4.78, 5) is 12.6. The molecule has 1 rings (SSSR count). The Morgan fingerprint density at radius 1 is 1.60 bits per heavy atom. The Kier molecular flexibility index (Phi) is 2.30. The molecule has 1 saturated heterocycles. The summed E-state index contributed by atoms with van der Waals surface area (Å²) >= 11 is 0. The number of likely N-dealkylation sites (tertiary alicyclic amines) is 1. The largest absolute Gasteiger partial charge is 0.342 e. The summed E-state index contributed by atoms with van der Waals surface area (Å²) in [6, 6.07) is 0. The minimum atomic E-state index is 0.229. The Labute approximate surface area is 62.2 Å². The van der Waals surface area contributed by atoms with E-state index in [2.05, 4.69) is 6.92 Å². The van der Waals surface area contributed by atoms with Crippen molar-refractivity contribution in [2.24, 2.45) is 5.92 Å². The highest BCUT2D eigenvalue weighted by atomic mass is 16.2. The van der Waals surface area contributed by atoms with E-state index in [1.54, 1.807) is 6.92 Å². The van der Waals surface area contributed by atoms with Crippen LogP contribution in [-0.4, -0.2) is 23.9 Å². The van der Waals surface area contributed by atoms with E-state index in [9.17, 15) is 4.79 Å². The molecule has 2 heteroatoms. The van der Waals surface area contributed by atoms with E-state index in [1.807, 2.05) is 4.90 Å². The molecule has 0 aliphatic carbocycles. The van der Waals surface area contributed by atoms with Crippen LogP contribution in [0.15, 0.2) is 0 Å². The summed E-state index contributed by atoms with van der Waals surface area (Å²) in [5.41, 5.74) is 0. The second-order valence-electron chi connectivity index (χ2n) is 3.08. The number of hydrogen-bond acceptors (Lipinski definition) is 1. The van der Waals surface area contributed by atoms with E-state index in [-0.39, 0.29) is 5.91 Å². The van der Waals surface area contributed by atoms with Gasteiger partial charge in [0, 0.05) is 20.0 Å². The fraction of sp³-hybridized carbons (Fsp3) is 0.875. The lowest BCUT2D eigenvalue weighted by Gasteiger charge is -2.38. The summed E-state index contributed by atoms with van der Waals surface area (Å²) < 4.78 is 0. The van der Waals surface area contributed by atoms with Crippen LogP contribution in [0.4, 0.5) is 0 Å². The predicted molar refractivity (Wildman–Crippen MR) is 40.7 cm³/mol. The van der Waals surface area contributed by atoms with Crippen molar-refractivity contribution in [2.75, 3.05) is 13.1 Å². The van der Waals surface area contributed by atoms with Crippen LogP contribution in [0, 0.1) is 5.92 Å². The molecule has 1 aliphatic heterocycles. The van der Waals surface area contributed by atoms with Crippen LogP contribution < -0.4 is 0 Å². The predicted octanol–water partition coefficient (Wildman–Crippen LogP) is 1.26. The molecule has 1 fully saturated rings. The molecule has 0 radical (unpaired) electrons. The molecule has 0 aromatic heterocycles. The molecule has 10 heavy (non-hydrogen) atoms. The van der Waals surface area contributed by atoms with Crippen molar-refractivity contribution >= 4 is 5.91 Å². The number of carbonyl (C=O) groups excluding carboxylic acids is 1. The maximum absolute atomic E-state index is 10.7. The Bertz CT molecular complexity index is 127. The molecule has 0 unspecified atom stereocenters. The minimum Gasteiger partial charge on any atom is -0.342 e. The van der Waals surface area contributed by atoms with Crippen LogP contribution >= 0.6 is 0 Å². The Balaban J connectivity index is 2.12. The van der Waals surface area contributed by atoms with E-state index in [4.69, 9.17) is 0 Å². The van der Waals surface area contributed by atoms with Gasteiger partial charge in [0.1, 0.15) is 0 Å². The number of carbonyl (C=O) groups is 1. The molecule has 0 saturated carbocycles. The summed E-state index contributed by atoms with van der Waals surface area (Å²) in [7, 11) is 0. The number of hydrogen-bond donors (Lipinski definition) is 0. The van der Waals surface area contributed by atoms with Crippen molar-refractivity contribution in [3.63, 3.8) is 0 Å². The van der Waals surface area contributed by atoms with Gasteiger partial charge in [-0.25, -0.2) is 0 Å². The van der Waals surface area contributed by atoms with Gasteiger partial charge < -0.3 is 4.90 Å². The Morgan fingerprint density at radius 3 is 2.60 bits per heavy atom. The monoisotopic (exact) mass is 141 g/mol. The molecule has 0 bridgehead atoms. The van der Waals surface area contributed by atoms with Gasteiger partial charge in [-0.05, 0) is 12.3 Å². The van der Waals surface area contributed by atoms with Crippen LogP contribution in [0.25, 0.3) is 0 Å². The molecular formula is C8H15NO. The lowest BCUT2D eigenvalue weighted by Crippen LogP contribution is -2.48. The van der Waals surface area contributed by atoms with Crippen LogP contribution in [0.3, 0.4) is 0 Å². The fourth-order valence-electron chi connectivity index (χ4n) is 1.42. The lowest BCUT2D eigenvalue weighted by atomic mass is 9.95. The van der Waals surface area contributed by atoms with Crippen molar-refractivity contribution in [3.05, 3.63) is 0 Å². The van der Waals surface area contributed by atoms with E-state index in [0.29, 0.717) is 0 Å². The maximum Gasteiger partial charge on any atom is 0.219 e. The Morgan fingerprint density at radius 2 is 2.20 bits per heavy atom. The number of rotatable bonds is 2. The van der Waals surface area contributed by atoms with Gasteiger partial charge in [-0.15, -0.1) is 0 Å². The normalized spacial score (nSPS) is 18.8. The van der Waals surface area contributed by atoms with Crippen molar-refractivity contribution < 1.29 is 4.79 Å². The van der Waals surface area contributed by atoms with Gasteiger partial charge in [0.25, 0.3) is 0 Å². The SMILES string of the molecule is CCCC1CN(C(C)=O)C1. The first-order valence-corrected chi connectivity index (χ1v) is 3.99. The molecule has 2 nitrogen and oxygen atoms in total. The minimum absolute atomic E-state index is 0.229. The van der Waals surface area contributed by atoms with E-state index in [1.165, 1.54) is 12.8 Å². The third-order valence-corrected chi connectivity index (χ3v) is 2.10. The van der Waals surface area contributed by atoms with Gasteiger partial charge in [-0.2, -0.15) is 0 Å². The molecule has 0 aromatic rings. The third-order valence-electron chi connectivity index (χ3n) is 2.10. The zero-order chi connectivity index (χ0) is 7.56. The third kappa shape index (κ3) is 1.49. The van der Waals surface area contributed by atoms with Crippen molar-refractivity contribution in [2.45, 2.75) is 26.7 Å². The second kappa shape index (κ2) is 3.04. The Hall–Kier alpha value is -0.530. The summed E-state index contributed by atoms with van der Waals surface area (Å²) in [5, 5.41) is 0. The van der Waals surface area contributed by atoms with Gasteiger partial charge in [0.05, 0.1) is 0 Å². The van der Waals surface area contributed by atoms with E-state index >= 15 is 0 Å². The average Bonchev–Trinajstić information content (AvgIpc) is 1.76. The molecule has 0 atom stereocenters. The zero-order valence-electron chi connectivity index (χ0n) is 6.76. The summed E-state index contributed by atoms with van der Waals surface area (Å²) in [6.07, 6.45) is 2.53. The highest BCUT2D eigenvalue weighted by Crippen LogP contribution is 2.19.